The molecule has 4 rings (SSSR count). The number of aromatic nitrogens is 4. The molecule has 11 heteroatoms. The summed E-state index contributed by atoms with van der Waals surface area (Å²) in [4.78, 5) is 13.1. The van der Waals surface area contributed by atoms with Crippen LogP contribution in [-0.4, -0.2) is 71.5 Å². The molecule has 9 nitrogen and oxygen atoms in total. The number of hydrogen-bond donors (Lipinski definition) is 2. The van der Waals surface area contributed by atoms with Gasteiger partial charge in [-0.2, -0.15) is 13.9 Å². The lowest BCUT2D eigenvalue weighted by atomic mass is 10.1. The topological polar surface area (TPSA) is 83.4 Å². The Labute approximate surface area is 227 Å². The van der Waals surface area contributed by atoms with E-state index >= 15 is 0 Å². The van der Waals surface area contributed by atoms with Crippen LogP contribution in [0, 0.1) is 0 Å². The first-order valence-electron chi connectivity index (χ1n) is 13.2. The van der Waals surface area contributed by atoms with E-state index in [1.165, 1.54) is 6.33 Å². The summed E-state index contributed by atoms with van der Waals surface area (Å²) in [6.45, 7) is 7.57. The van der Waals surface area contributed by atoms with Crippen LogP contribution in [0.25, 0.3) is 22.2 Å². The Hall–Kier alpha value is -3.99. The van der Waals surface area contributed by atoms with Crippen LogP contribution in [0.5, 0.6) is 5.75 Å². The summed E-state index contributed by atoms with van der Waals surface area (Å²) < 4.78 is 33.7. The third-order valence-corrected chi connectivity index (χ3v) is 6.81. The Kier molecular flexibility index (Phi) is 9.13. The number of rotatable bonds is 13. The lowest BCUT2D eigenvalue weighted by Gasteiger charge is -2.27. The van der Waals surface area contributed by atoms with Gasteiger partial charge in [-0.05, 0) is 38.2 Å². The van der Waals surface area contributed by atoms with E-state index in [1.54, 1.807) is 25.2 Å². The van der Waals surface area contributed by atoms with Gasteiger partial charge >= 0.3 is 6.61 Å². The molecular formula is C28H36F2N8O. The third-order valence-electron chi connectivity index (χ3n) is 6.81. The van der Waals surface area contributed by atoms with E-state index in [1.807, 2.05) is 47.9 Å². The number of ether oxygens (including phenoxy) is 1. The Morgan fingerprint density at radius 1 is 1.00 bits per heavy atom. The fraction of sp³-hybridized carbons (Fsp3) is 0.393. The van der Waals surface area contributed by atoms with Crippen molar-refractivity contribution in [2.45, 2.75) is 33.9 Å². The zero-order valence-electron chi connectivity index (χ0n) is 23.1. The lowest BCUT2D eigenvalue weighted by molar-refractivity contribution is -0.0493. The van der Waals surface area contributed by atoms with Gasteiger partial charge in [0.25, 0.3) is 0 Å². The van der Waals surface area contributed by atoms with E-state index in [9.17, 15) is 8.78 Å². The third kappa shape index (κ3) is 6.54. The molecule has 0 aliphatic rings. The Morgan fingerprint density at radius 3 is 2.49 bits per heavy atom. The average Bonchev–Trinajstić information content (AvgIpc) is 3.36. The first-order valence-corrected chi connectivity index (χ1v) is 13.2. The molecule has 0 unspecified atom stereocenters. The maximum absolute atomic E-state index is 13.4. The number of alkyl halides is 2. The summed E-state index contributed by atoms with van der Waals surface area (Å²) in [5, 5.41) is 11.7. The number of nitrogens with one attached hydrogen (secondary N) is 2. The van der Waals surface area contributed by atoms with Gasteiger partial charge in [0.1, 0.15) is 12.1 Å². The van der Waals surface area contributed by atoms with E-state index in [4.69, 9.17) is 4.74 Å². The number of benzene rings is 2. The molecule has 0 fully saturated rings. The molecule has 0 aliphatic carbocycles. The van der Waals surface area contributed by atoms with Crippen molar-refractivity contribution < 1.29 is 13.5 Å². The maximum atomic E-state index is 13.4. The van der Waals surface area contributed by atoms with E-state index in [0.717, 1.165) is 60.6 Å². The van der Waals surface area contributed by atoms with E-state index in [-0.39, 0.29) is 5.75 Å². The van der Waals surface area contributed by atoms with Crippen LogP contribution in [0.15, 0.2) is 48.9 Å². The quantitative estimate of drug-likeness (QED) is 0.225. The van der Waals surface area contributed by atoms with Crippen LogP contribution < -0.4 is 20.3 Å². The van der Waals surface area contributed by atoms with Gasteiger partial charge in [0, 0.05) is 56.8 Å². The molecule has 2 aromatic heterocycles. The fourth-order valence-corrected chi connectivity index (χ4v) is 4.55. The summed E-state index contributed by atoms with van der Waals surface area (Å²) in [5.41, 5.74) is 4.53. The molecule has 4 aromatic rings. The molecule has 2 aromatic carbocycles. The van der Waals surface area contributed by atoms with Gasteiger partial charge in [0.2, 0.25) is 0 Å². The second kappa shape index (κ2) is 12.7. The lowest BCUT2D eigenvalue weighted by Crippen LogP contribution is -2.33. The van der Waals surface area contributed by atoms with Crippen molar-refractivity contribution in [1.29, 1.82) is 0 Å². The van der Waals surface area contributed by atoms with Crippen LogP contribution in [0.1, 0.15) is 20.8 Å². The maximum Gasteiger partial charge on any atom is 0.387 e. The van der Waals surface area contributed by atoms with Crippen LogP contribution in [-0.2, 0) is 6.54 Å². The van der Waals surface area contributed by atoms with Gasteiger partial charge in [0.05, 0.1) is 34.5 Å². The minimum Gasteiger partial charge on any atom is -0.433 e. The number of aryl methyl sites for hydroxylation is 1. The van der Waals surface area contributed by atoms with Crippen LogP contribution in [0.2, 0.25) is 0 Å². The van der Waals surface area contributed by atoms with Crippen molar-refractivity contribution in [2.75, 3.05) is 55.8 Å². The van der Waals surface area contributed by atoms with Gasteiger partial charge in [-0.15, -0.1) is 0 Å². The molecule has 0 bridgehead atoms. The Morgan fingerprint density at radius 2 is 1.79 bits per heavy atom. The zero-order chi connectivity index (χ0) is 27.9. The molecule has 0 aliphatic heterocycles. The minimum absolute atomic E-state index is 0.0299. The molecule has 0 saturated carbocycles. The average molecular weight is 539 g/mol. The van der Waals surface area contributed by atoms with Gasteiger partial charge in [0.15, 0.2) is 5.75 Å². The van der Waals surface area contributed by atoms with Crippen molar-refractivity contribution in [3.05, 3.63) is 48.9 Å². The fourth-order valence-electron chi connectivity index (χ4n) is 4.55. The standard InChI is InChI=1S/C28H36F2N8O/c1-6-37(7-2)12-11-36(5)25-16-26(39-28(29)30)23(14-22(25)31-4)35-27-15-21(32-18-33-27)19-9-10-24-20(13-19)17-34-38(24)8-3/h9-10,13-18,28,31H,6-8,11-12H2,1-5H3,(H,32,33,35). The molecule has 0 saturated heterocycles. The number of hydrogen-bond acceptors (Lipinski definition) is 8. The monoisotopic (exact) mass is 538 g/mol. The highest BCUT2D eigenvalue weighted by Gasteiger charge is 2.18. The Balaban J connectivity index is 1.63. The summed E-state index contributed by atoms with van der Waals surface area (Å²) in [5.74, 6) is 0.482. The van der Waals surface area contributed by atoms with Crippen LogP contribution >= 0.6 is 0 Å². The zero-order valence-corrected chi connectivity index (χ0v) is 23.1. The molecule has 2 heterocycles. The summed E-state index contributed by atoms with van der Waals surface area (Å²) in [6, 6.07) is 11.2. The van der Waals surface area contributed by atoms with E-state index < -0.39 is 6.61 Å². The predicted octanol–water partition coefficient (Wildman–Crippen LogP) is 5.68. The van der Waals surface area contributed by atoms with Gasteiger partial charge < -0.3 is 25.2 Å². The largest absolute Gasteiger partial charge is 0.433 e. The predicted molar refractivity (Wildman–Crippen MR) is 153 cm³/mol. The smallest absolute Gasteiger partial charge is 0.387 e. The number of nitrogens with zero attached hydrogens (tertiary/aromatic N) is 6. The normalized spacial score (nSPS) is 11.4. The Bertz CT molecular complexity index is 1390. The minimum atomic E-state index is -2.98. The van der Waals surface area contributed by atoms with E-state index in [0.29, 0.717) is 17.2 Å². The van der Waals surface area contributed by atoms with Crippen molar-refractivity contribution in [3.8, 4) is 17.0 Å². The summed E-state index contributed by atoms with van der Waals surface area (Å²) in [6.07, 6.45) is 3.27. The second-order valence-corrected chi connectivity index (χ2v) is 9.09. The van der Waals surface area contributed by atoms with Crippen molar-refractivity contribution in [3.63, 3.8) is 0 Å². The molecule has 39 heavy (non-hydrogen) atoms. The first kappa shape index (κ1) is 28.0. The summed E-state index contributed by atoms with van der Waals surface area (Å²) in [7, 11) is 3.74. The molecule has 0 amide bonds. The number of likely N-dealkylation sites (N-methyl/N-ethyl adjacent to an activating group) is 2. The number of halogens is 2. The van der Waals surface area contributed by atoms with Gasteiger partial charge in [-0.1, -0.05) is 19.9 Å². The molecule has 0 spiro atoms. The highest BCUT2D eigenvalue weighted by Crippen LogP contribution is 2.39. The van der Waals surface area contributed by atoms with Crippen molar-refractivity contribution >= 4 is 33.8 Å². The molecule has 0 radical (unpaired) electrons. The van der Waals surface area contributed by atoms with Crippen molar-refractivity contribution in [1.82, 2.24) is 24.6 Å². The molecule has 208 valence electrons. The van der Waals surface area contributed by atoms with E-state index in [2.05, 4.69) is 44.4 Å². The van der Waals surface area contributed by atoms with Gasteiger partial charge in [-0.25, -0.2) is 9.97 Å². The highest BCUT2D eigenvalue weighted by molar-refractivity contribution is 5.85. The van der Waals surface area contributed by atoms with Gasteiger partial charge in [-0.3, -0.25) is 4.68 Å². The molecule has 2 N–H and O–H groups in total. The summed E-state index contributed by atoms with van der Waals surface area (Å²) >= 11 is 0. The highest BCUT2D eigenvalue weighted by atomic mass is 19.3. The SMILES string of the molecule is CCN(CC)CCN(C)c1cc(OC(F)F)c(Nc2cc(-c3ccc4c(cnn4CC)c3)ncn2)cc1NC. The van der Waals surface area contributed by atoms with Crippen LogP contribution in [0.4, 0.5) is 31.7 Å². The second-order valence-electron chi connectivity index (χ2n) is 9.09. The van der Waals surface area contributed by atoms with Crippen molar-refractivity contribution in [2.24, 2.45) is 0 Å². The molecular weight excluding hydrogens is 502 g/mol. The number of fused-ring (bicyclic) bond motifs is 1. The molecule has 0 atom stereocenters. The number of anilines is 4. The van der Waals surface area contributed by atoms with Crippen LogP contribution in [0.3, 0.4) is 0 Å². The first-order chi connectivity index (χ1) is 18.9.